The summed E-state index contributed by atoms with van der Waals surface area (Å²) in [7, 11) is 1.61. The van der Waals surface area contributed by atoms with Gasteiger partial charge in [0.1, 0.15) is 24.2 Å². The topological polar surface area (TPSA) is 95.7 Å². The Labute approximate surface area is 195 Å². The van der Waals surface area contributed by atoms with Crippen LogP contribution in [0.1, 0.15) is 11.4 Å². The van der Waals surface area contributed by atoms with Crippen molar-refractivity contribution in [2.24, 2.45) is 0 Å². The molecule has 2 heterocycles. The molecule has 0 bridgehead atoms. The number of ether oxygens (including phenoxy) is 1. The number of methoxy groups -OCH3 is 1. The third-order valence-corrected chi connectivity index (χ3v) is 5.56. The summed E-state index contributed by atoms with van der Waals surface area (Å²) in [5.41, 5.74) is 4.41. The van der Waals surface area contributed by atoms with Gasteiger partial charge in [-0.1, -0.05) is 36.4 Å². The number of imidazole rings is 1. The molecule has 1 amide bonds. The Kier molecular flexibility index (Phi) is 5.55. The number of amides is 1. The number of para-hydroxylation sites is 2. The minimum absolute atomic E-state index is 0.130. The van der Waals surface area contributed by atoms with E-state index < -0.39 is 0 Å². The van der Waals surface area contributed by atoms with Crippen molar-refractivity contribution in [2.75, 3.05) is 12.4 Å². The number of anilines is 1. The van der Waals surface area contributed by atoms with Crippen LogP contribution in [0.5, 0.6) is 5.75 Å². The van der Waals surface area contributed by atoms with Gasteiger partial charge >= 0.3 is 0 Å². The Hall–Kier alpha value is -4.83. The molecule has 34 heavy (non-hydrogen) atoms. The molecule has 7 nitrogen and oxygen atoms in total. The van der Waals surface area contributed by atoms with E-state index >= 15 is 0 Å². The number of hydrogen-bond donors (Lipinski definition) is 2. The van der Waals surface area contributed by atoms with Gasteiger partial charge in [0.25, 0.3) is 0 Å². The zero-order chi connectivity index (χ0) is 23.5. The van der Waals surface area contributed by atoms with E-state index in [1.54, 1.807) is 13.2 Å². The summed E-state index contributed by atoms with van der Waals surface area (Å²) in [6.45, 7) is 0.148. The highest BCUT2D eigenvalue weighted by molar-refractivity contribution is 5.99. The number of carbonyl (C=O) groups excluding carboxylic acids is 1. The summed E-state index contributed by atoms with van der Waals surface area (Å²) in [6, 6.07) is 24.9. The van der Waals surface area contributed by atoms with Crippen LogP contribution in [-0.2, 0) is 11.3 Å². The predicted molar refractivity (Wildman–Crippen MR) is 133 cm³/mol. The van der Waals surface area contributed by atoms with Crippen LogP contribution >= 0.6 is 0 Å². The lowest BCUT2D eigenvalue weighted by Gasteiger charge is -2.07. The van der Waals surface area contributed by atoms with Crippen LogP contribution in [0, 0.1) is 11.3 Å². The number of hydrogen-bond acceptors (Lipinski definition) is 4. The van der Waals surface area contributed by atoms with Gasteiger partial charge in [-0.2, -0.15) is 5.26 Å². The molecule has 0 aliphatic rings. The summed E-state index contributed by atoms with van der Waals surface area (Å²) in [5.74, 6) is 1.06. The summed E-state index contributed by atoms with van der Waals surface area (Å²) in [6.07, 6.45) is 3.68. The van der Waals surface area contributed by atoms with Gasteiger partial charge < -0.3 is 19.6 Å². The lowest BCUT2D eigenvalue weighted by molar-refractivity contribution is -0.116. The highest BCUT2D eigenvalue weighted by Crippen LogP contribution is 2.27. The molecule has 0 fully saturated rings. The second-order valence-corrected chi connectivity index (χ2v) is 7.78. The standard InChI is InChI=1S/C27H21N5O2/c1-34-21-11-12-23-24(14-21)31-27(30-23)18(15-28)13-19-16-32(25-10-6-5-9-22(19)25)17-26(33)29-20-7-3-2-4-8-20/h2-14,16H,17H2,1H3,(H,29,33)(H,30,31)/b18-13-. The number of nitriles is 1. The van der Waals surface area contributed by atoms with Gasteiger partial charge in [-0.05, 0) is 36.4 Å². The fourth-order valence-corrected chi connectivity index (χ4v) is 3.95. The fourth-order valence-electron chi connectivity index (χ4n) is 3.95. The van der Waals surface area contributed by atoms with Crippen molar-refractivity contribution in [2.45, 2.75) is 6.54 Å². The molecule has 0 saturated carbocycles. The zero-order valence-electron chi connectivity index (χ0n) is 18.4. The number of nitrogens with zero attached hydrogens (tertiary/aromatic N) is 3. The van der Waals surface area contributed by atoms with Crippen LogP contribution in [0.4, 0.5) is 5.69 Å². The number of benzene rings is 3. The average molecular weight is 447 g/mol. The number of allylic oxidation sites excluding steroid dienone is 1. The van der Waals surface area contributed by atoms with Gasteiger partial charge in [-0.15, -0.1) is 0 Å². The maximum atomic E-state index is 12.7. The van der Waals surface area contributed by atoms with Gasteiger partial charge in [0.2, 0.25) is 5.91 Å². The van der Waals surface area contributed by atoms with E-state index in [9.17, 15) is 10.1 Å². The lowest BCUT2D eigenvalue weighted by atomic mass is 10.1. The Bertz CT molecular complexity index is 1570. The van der Waals surface area contributed by atoms with Gasteiger partial charge in [0.05, 0.1) is 23.7 Å². The van der Waals surface area contributed by atoms with Crippen molar-refractivity contribution < 1.29 is 9.53 Å². The molecule has 7 heteroatoms. The lowest BCUT2D eigenvalue weighted by Crippen LogP contribution is -2.18. The van der Waals surface area contributed by atoms with Crippen molar-refractivity contribution in [3.05, 3.63) is 90.4 Å². The van der Waals surface area contributed by atoms with E-state index in [0.29, 0.717) is 17.1 Å². The fraction of sp³-hybridized carbons (Fsp3) is 0.0741. The summed E-state index contributed by atoms with van der Waals surface area (Å²) < 4.78 is 7.16. The molecule has 0 aliphatic carbocycles. The minimum atomic E-state index is -0.130. The van der Waals surface area contributed by atoms with Crippen molar-refractivity contribution in [1.29, 1.82) is 5.26 Å². The highest BCUT2D eigenvalue weighted by Gasteiger charge is 2.13. The van der Waals surface area contributed by atoms with Crippen molar-refractivity contribution in [1.82, 2.24) is 14.5 Å². The monoisotopic (exact) mass is 447 g/mol. The van der Waals surface area contributed by atoms with Crippen LogP contribution in [-0.4, -0.2) is 27.6 Å². The van der Waals surface area contributed by atoms with E-state index in [2.05, 4.69) is 21.4 Å². The van der Waals surface area contributed by atoms with Crippen LogP contribution in [0.25, 0.3) is 33.6 Å². The molecule has 166 valence electrons. The largest absolute Gasteiger partial charge is 0.497 e. The van der Waals surface area contributed by atoms with Gasteiger partial charge in [0.15, 0.2) is 0 Å². The minimum Gasteiger partial charge on any atom is -0.497 e. The molecule has 0 unspecified atom stereocenters. The molecule has 0 saturated heterocycles. The first-order valence-electron chi connectivity index (χ1n) is 10.7. The number of H-pyrrole nitrogens is 1. The van der Waals surface area contributed by atoms with Crippen molar-refractivity contribution >= 4 is 45.2 Å². The second kappa shape index (κ2) is 8.96. The van der Waals surface area contributed by atoms with Gasteiger partial charge in [0, 0.05) is 34.4 Å². The molecule has 0 aliphatic heterocycles. The molecule has 2 N–H and O–H groups in total. The SMILES string of the molecule is COc1ccc2nc(/C(C#N)=C\c3cn(CC(=O)Nc4ccccc4)c4ccccc34)[nH]c2c1. The molecular weight excluding hydrogens is 426 g/mol. The summed E-state index contributed by atoms with van der Waals surface area (Å²) >= 11 is 0. The molecule has 0 atom stereocenters. The van der Waals surface area contributed by atoms with E-state index in [1.807, 2.05) is 83.6 Å². The highest BCUT2D eigenvalue weighted by atomic mass is 16.5. The third kappa shape index (κ3) is 4.12. The van der Waals surface area contributed by atoms with Crippen LogP contribution < -0.4 is 10.1 Å². The number of carbonyl (C=O) groups is 1. The zero-order valence-corrected chi connectivity index (χ0v) is 18.4. The Morgan fingerprint density at radius 3 is 2.74 bits per heavy atom. The van der Waals surface area contributed by atoms with E-state index in [4.69, 9.17) is 4.74 Å². The van der Waals surface area contributed by atoms with Crippen LogP contribution in [0.2, 0.25) is 0 Å². The number of nitrogens with one attached hydrogen (secondary N) is 2. The molecule has 2 aromatic heterocycles. The van der Waals surface area contributed by atoms with Crippen molar-refractivity contribution in [3.63, 3.8) is 0 Å². The predicted octanol–water partition coefficient (Wildman–Crippen LogP) is 5.23. The maximum Gasteiger partial charge on any atom is 0.244 e. The molecule has 5 rings (SSSR count). The number of rotatable bonds is 6. The molecule has 5 aromatic rings. The first kappa shape index (κ1) is 21.0. The Morgan fingerprint density at radius 2 is 1.94 bits per heavy atom. The first-order valence-corrected chi connectivity index (χ1v) is 10.7. The Morgan fingerprint density at radius 1 is 1.15 bits per heavy atom. The van der Waals surface area contributed by atoms with E-state index in [0.717, 1.165) is 33.2 Å². The van der Waals surface area contributed by atoms with E-state index in [1.165, 1.54) is 0 Å². The average Bonchev–Trinajstić information content (AvgIpc) is 3.44. The van der Waals surface area contributed by atoms with Gasteiger partial charge in [-0.25, -0.2) is 4.98 Å². The van der Waals surface area contributed by atoms with Crippen LogP contribution in [0.3, 0.4) is 0 Å². The summed E-state index contributed by atoms with van der Waals surface area (Å²) in [5, 5.41) is 13.7. The van der Waals surface area contributed by atoms with Crippen LogP contribution in [0.15, 0.2) is 79.0 Å². The third-order valence-electron chi connectivity index (χ3n) is 5.56. The number of aromatic nitrogens is 3. The summed E-state index contributed by atoms with van der Waals surface area (Å²) in [4.78, 5) is 20.4. The molecule has 3 aromatic carbocycles. The van der Waals surface area contributed by atoms with Crippen molar-refractivity contribution in [3.8, 4) is 11.8 Å². The molecular formula is C27H21N5O2. The maximum absolute atomic E-state index is 12.7. The first-order chi connectivity index (χ1) is 16.6. The van der Waals surface area contributed by atoms with E-state index in [-0.39, 0.29) is 12.5 Å². The van der Waals surface area contributed by atoms with Gasteiger partial charge in [-0.3, -0.25) is 4.79 Å². The quantitative estimate of drug-likeness (QED) is 0.349. The Balaban J connectivity index is 1.49. The smallest absolute Gasteiger partial charge is 0.244 e. The number of fused-ring (bicyclic) bond motifs is 2. The molecule has 0 radical (unpaired) electrons. The number of aromatic amines is 1. The normalized spacial score (nSPS) is 11.5. The second-order valence-electron chi connectivity index (χ2n) is 7.78. The molecule has 0 spiro atoms.